The van der Waals surface area contributed by atoms with Crippen molar-refractivity contribution in [3.63, 3.8) is 0 Å². The predicted molar refractivity (Wildman–Crippen MR) is 269 cm³/mol. The van der Waals surface area contributed by atoms with E-state index in [1.54, 1.807) is 60.7 Å². The number of hydrogen-bond acceptors (Lipinski definition) is 11. The molecule has 5 rings (SSSR count). The Hall–Kier alpha value is -7.77. The van der Waals surface area contributed by atoms with E-state index >= 15 is 0 Å². The van der Waals surface area contributed by atoms with Crippen molar-refractivity contribution in [2.45, 2.75) is 112 Å². The summed E-state index contributed by atoms with van der Waals surface area (Å²) in [6, 6.07) is 25.0. The SMILES string of the molecule is CF.CF.CF.Cc1cc(C2(c3ccc(OC(=O)Oc4ccc(-c5ccc(OC(=O)OCCF)cc5)cc4)c(C)c3)CCCCC2)ccc1OC(=O)OCCF.FC(F)(F)F.FC(F)(F)F.FCF.FOC(F)(F)C(F)(F)C(F)(F)C(F)(F)C(F)(F)C(F)(F)C(F)(F)F.OC(F)(F)F. The van der Waals surface area contributed by atoms with Crippen LogP contribution < -0.4 is 18.9 Å². The normalized spacial score (nSPS) is 13.1. The highest BCUT2D eigenvalue weighted by Crippen LogP contribution is 2.62. The van der Waals surface area contributed by atoms with Crippen LogP contribution in [0.25, 0.3) is 11.1 Å². The first-order chi connectivity index (χ1) is 44.7. The number of aliphatic hydroxyl groups is 1. The third kappa shape index (κ3) is 31.8. The van der Waals surface area contributed by atoms with Crippen LogP contribution in [0, 0.1) is 13.8 Å². The standard InChI is InChI=1S/C39H38F2O9.C7F16O.2CF4.CHF3O.CH2F2.3CH3F/c1-26-24-30(10-16-34(26)49-37(43)46-23-21-41)39(18-4-3-5-19-39)31-11-17-35(27(2)25-31)50-38(44)48-33-14-8-29(9-15-33)28-6-12-32(13-7-28)47-36(42)45-22-20-40;8-1(9,2(10,11)4(14,15)6(18,19)20)3(12,13)5(16,17)7(21,22)24-23;3*2-1(3,4)5;2-1-3;3*1-2/h6-17,24-25H,3-5,18-23H2,1-2H3;;;;5H;1H2;3*1H3. The molecule has 4 aromatic rings. The van der Waals surface area contributed by atoms with Gasteiger partial charge in [0.15, 0.2) is 0 Å². The second-order valence-corrected chi connectivity index (χ2v) is 17.3. The fourth-order valence-corrected chi connectivity index (χ4v) is 7.15. The van der Waals surface area contributed by atoms with Crippen LogP contribution in [0.2, 0.25) is 0 Å². The van der Waals surface area contributed by atoms with Gasteiger partial charge < -0.3 is 33.5 Å². The molecule has 566 valence electrons. The van der Waals surface area contributed by atoms with Crippen LogP contribution in [0.3, 0.4) is 0 Å². The minimum Gasteiger partial charge on any atom is -0.431 e. The number of alkyl halides is 33. The van der Waals surface area contributed by atoms with Gasteiger partial charge in [-0.05, 0) is 101 Å². The summed E-state index contributed by atoms with van der Waals surface area (Å²) in [4.78, 5) is 37.1. The number of ether oxygens (including phenoxy) is 6. The Morgan fingerprint density at radius 2 is 0.694 bits per heavy atom. The lowest BCUT2D eigenvalue weighted by Gasteiger charge is -2.40. The molecule has 0 aliphatic heterocycles. The Balaban J connectivity index is -0.000000760. The fourth-order valence-electron chi connectivity index (χ4n) is 7.15. The number of carbonyl (C=O) groups excluding carboxylic acids is 3. The molecule has 0 spiro atoms. The summed E-state index contributed by atoms with van der Waals surface area (Å²) >= 11 is 0. The van der Waals surface area contributed by atoms with Crippen LogP contribution in [0.5, 0.6) is 23.0 Å². The van der Waals surface area contributed by atoms with E-state index in [0.29, 0.717) is 38.8 Å². The molecule has 45 heteroatoms. The van der Waals surface area contributed by atoms with Crippen LogP contribution in [0.4, 0.5) is 164 Å². The summed E-state index contributed by atoms with van der Waals surface area (Å²) in [5.74, 6) is -39.9. The molecule has 1 fully saturated rings. The van der Waals surface area contributed by atoms with Crippen LogP contribution >= 0.6 is 0 Å². The van der Waals surface area contributed by atoms with Crippen molar-refractivity contribution in [3.8, 4) is 34.1 Å². The Labute approximate surface area is 529 Å². The summed E-state index contributed by atoms with van der Waals surface area (Å²) in [6.07, 6.45) is -28.7. The smallest absolute Gasteiger partial charge is 0.431 e. The molecule has 1 N–H and O–H groups in total. The van der Waals surface area contributed by atoms with Gasteiger partial charge in [0.05, 0.1) is 21.5 Å². The highest BCUT2D eigenvalue weighted by molar-refractivity contribution is 5.70. The van der Waals surface area contributed by atoms with Gasteiger partial charge in [0.2, 0.25) is 6.93 Å². The van der Waals surface area contributed by atoms with Crippen molar-refractivity contribution in [1.29, 1.82) is 0 Å². The maximum absolute atomic E-state index is 12.8. The zero-order valence-corrected chi connectivity index (χ0v) is 49.5. The summed E-state index contributed by atoms with van der Waals surface area (Å²) in [5, 5.41) is 6.52. The number of rotatable bonds is 17. The highest BCUT2D eigenvalue weighted by atomic mass is 19.5. The number of benzene rings is 4. The number of carbonyl (C=O) groups is 3. The van der Waals surface area contributed by atoms with E-state index in [9.17, 15) is 164 Å². The zero-order chi connectivity index (χ0) is 77.9. The average Bonchev–Trinajstić information content (AvgIpc) is 0.706. The maximum Gasteiger partial charge on any atom is 0.559 e. The van der Waals surface area contributed by atoms with E-state index in [0.717, 1.165) is 70.4 Å². The monoisotopic (exact) mass is 1510 g/mol. The van der Waals surface area contributed by atoms with Gasteiger partial charge in [-0.15, -0.1) is 53.2 Å². The molecule has 4 aromatic carbocycles. The molecule has 1 aliphatic carbocycles. The first-order valence-corrected chi connectivity index (χ1v) is 25.0. The van der Waals surface area contributed by atoms with Crippen molar-refractivity contribution in [2.24, 2.45) is 0 Å². The molecule has 0 aromatic heterocycles. The summed E-state index contributed by atoms with van der Waals surface area (Å²) in [7, 11) is 1.50. The fraction of sp³-hybridized carbons (Fsp3) is 0.491. The zero-order valence-electron chi connectivity index (χ0n) is 49.5. The van der Waals surface area contributed by atoms with Crippen molar-refractivity contribution < 1.29 is 202 Å². The van der Waals surface area contributed by atoms with Gasteiger partial charge in [-0.2, -0.15) is 65.9 Å². The molecule has 0 saturated heterocycles. The van der Waals surface area contributed by atoms with Crippen LogP contribution in [-0.2, 0) is 19.8 Å². The molecule has 0 atom stereocenters. The summed E-state index contributed by atoms with van der Waals surface area (Å²) in [6.45, 7) is -0.307. The molecule has 0 bridgehead atoms. The van der Waals surface area contributed by atoms with E-state index in [-0.39, 0.29) is 24.4 Å². The average molecular weight is 1510 g/mol. The highest BCUT2D eigenvalue weighted by Gasteiger charge is 2.94. The lowest BCUT2D eigenvalue weighted by Crippen LogP contribution is -2.72. The molecule has 1 saturated carbocycles. The molecule has 0 unspecified atom stereocenters. The first kappa shape index (κ1) is 96.6. The number of hydrogen-bond donors (Lipinski definition) is 1. The second kappa shape index (κ2) is 42.2. The van der Waals surface area contributed by atoms with Crippen LogP contribution in [0.1, 0.15) is 54.4 Å². The largest absolute Gasteiger partial charge is 0.559 e. The minimum atomic E-state index is -8.44. The van der Waals surface area contributed by atoms with Gasteiger partial charge in [-0.25, -0.2) is 31.9 Å². The Morgan fingerprint density at radius 1 is 0.418 bits per heavy atom. The molecule has 1 aliphatic rings. The molecule has 98 heavy (non-hydrogen) atoms. The van der Waals surface area contributed by atoms with E-state index in [1.165, 1.54) is 0 Å². The van der Waals surface area contributed by atoms with Gasteiger partial charge in [-0.1, -0.05) is 67.8 Å². The molecule has 0 radical (unpaired) electrons. The van der Waals surface area contributed by atoms with Crippen molar-refractivity contribution in [1.82, 2.24) is 0 Å². The minimum absolute atomic E-state index is 0.255. The lowest BCUT2D eigenvalue weighted by molar-refractivity contribution is -0.495. The van der Waals surface area contributed by atoms with Crippen molar-refractivity contribution in [2.75, 3.05) is 55.0 Å². The van der Waals surface area contributed by atoms with Gasteiger partial charge in [0.1, 0.15) is 49.6 Å². The maximum atomic E-state index is 12.8. The molecular weight excluding hydrogens is 1460 g/mol. The molecule has 0 amide bonds. The van der Waals surface area contributed by atoms with E-state index in [4.69, 9.17) is 28.8 Å². The Morgan fingerprint density at radius 3 is 0.980 bits per heavy atom. The van der Waals surface area contributed by atoms with Gasteiger partial charge in [-0.3, -0.25) is 13.2 Å². The molecule has 11 nitrogen and oxygen atoms in total. The Bertz CT molecular complexity index is 2850. The number of aryl methyl sites for hydroxylation is 2. The van der Waals surface area contributed by atoms with Gasteiger partial charge in [0, 0.05) is 5.41 Å². The van der Waals surface area contributed by atoms with Crippen molar-refractivity contribution >= 4 is 18.5 Å². The van der Waals surface area contributed by atoms with Gasteiger partial charge in [0.25, 0.3) is 0 Å². The van der Waals surface area contributed by atoms with E-state index in [1.807, 2.05) is 38.1 Å². The third-order valence-corrected chi connectivity index (χ3v) is 11.0. The topological polar surface area (TPSA) is 136 Å². The van der Waals surface area contributed by atoms with Crippen molar-refractivity contribution in [3.05, 3.63) is 107 Å². The second-order valence-electron chi connectivity index (χ2n) is 17.3. The van der Waals surface area contributed by atoms with E-state index in [2.05, 4.69) is 4.74 Å². The number of halogens is 34. The summed E-state index contributed by atoms with van der Waals surface area (Å²) < 4.78 is 406. The first-order valence-electron chi connectivity index (χ1n) is 25.0. The van der Waals surface area contributed by atoms with Gasteiger partial charge >= 0.3 is 79.6 Å². The van der Waals surface area contributed by atoms with E-state index < -0.39 is 99.9 Å². The Kier molecular flexibility index (Phi) is 41.6. The third-order valence-electron chi connectivity index (χ3n) is 11.0. The predicted octanol–water partition coefficient (Wildman–Crippen LogP) is 21.1. The summed E-state index contributed by atoms with van der Waals surface area (Å²) in [5.41, 5.74) is 5.09. The molecule has 0 heterocycles. The lowest BCUT2D eigenvalue weighted by atomic mass is 9.65. The molecular formula is C53H50F34O11. The quantitative estimate of drug-likeness (QED) is 0.0615. The van der Waals surface area contributed by atoms with Crippen LogP contribution in [-0.4, -0.2) is 140 Å². The van der Waals surface area contributed by atoms with Crippen LogP contribution in [0.15, 0.2) is 84.9 Å².